The second-order valence-corrected chi connectivity index (χ2v) is 5.48. The van der Waals surface area contributed by atoms with Crippen LogP contribution in [0.1, 0.15) is 22.8 Å². The average molecular weight is 277 g/mol. The second-order valence-electron chi connectivity index (χ2n) is 5.48. The largest absolute Gasteiger partial charge is 0.461 e. The predicted octanol–water partition coefficient (Wildman–Crippen LogP) is 4.02. The first-order chi connectivity index (χ1) is 10.2. The van der Waals surface area contributed by atoms with Gasteiger partial charge in [-0.1, -0.05) is 36.4 Å². The monoisotopic (exact) mass is 277 g/mol. The lowest BCUT2D eigenvalue weighted by molar-refractivity contribution is -0.117. The molecule has 0 spiro atoms. The van der Waals surface area contributed by atoms with Gasteiger partial charge in [-0.25, -0.2) is 0 Å². The Labute approximate surface area is 122 Å². The van der Waals surface area contributed by atoms with Gasteiger partial charge in [0.15, 0.2) is 0 Å². The van der Waals surface area contributed by atoms with Crippen molar-refractivity contribution in [3.05, 3.63) is 65.4 Å². The smallest absolute Gasteiger partial charge is 0.232 e. The molecule has 3 nitrogen and oxygen atoms in total. The Hall–Kier alpha value is -2.55. The number of benzene rings is 2. The van der Waals surface area contributed by atoms with Crippen LogP contribution in [0.3, 0.4) is 0 Å². The average Bonchev–Trinajstić information content (AvgIpc) is 2.99. The number of aryl methyl sites for hydroxylation is 1. The van der Waals surface area contributed by atoms with Crippen molar-refractivity contribution in [1.29, 1.82) is 0 Å². The Morgan fingerprint density at radius 2 is 1.86 bits per heavy atom. The van der Waals surface area contributed by atoms with Crippen LogP contribution in [0, 0.1) is 6.92 Å². The molecule has 1 N–H and O–H groups in total. The van der Waals surface area contributed by atoms with Gasteiger partial charge in [0.2, 0.25) is 5.91 Å². The Bertz CT molecular complexity index is 847. The molecule has 104 valence electrons. The highest BCUT2D eigenvalue weighted by atomic mass is 16.3. The minimum absolute atomic E-state index is 0.0519. The van der Waals surface area contributed by atoms with E-state index in [1.54, 1.807) is 0 Å². The number of hydrogen-bond donors (Lipinski definition) is 1. The molecule has 1 amide bonds. The van der Waals surface area contributed by atoms with Crippen molar-refractivity contribution in [2.45, 2.75) is 19.3 Å². The van der Waals surface area contributed by atoms with E-state index in [2.05, 4.69) is 18.3 Å². The van der Waals surface area contributed by atoms with Crippen LogP contribution < -0.4 is 5.32 Å². The zero-order valence-electron chi connectivity index (χ0n) is 11.7. The molecule has 0 fully saturated rings. The molecule has 1 atom stereocenters. The lowest BCUT2D eigenvalue weighted by Gasteiger charge is -2.07. The summed E-state index contributed by atoms with van der Waals surface area (Å²) in [6.45, 7) is 2.06. The molecule has 4 rings (SSSR count). The van der Waals surface area contributed by atoms with E-state index < -0.39 is 0 Å². The third kappa shape index (κ3) is 1.85. The molecule has 2 heterocycles. The van der Waals surface area contributed by atoms with Crippen molar-refractivity contribution >= 4 is 22.6 Å². The first kappa shape index (κ1) is 12.2. The maximum atomic E-state index is 12.2. The molecule has 21 heavy (non-hydrogen) atoms. The molecule has 1 aliphatic heterocycles. The maximum absolute atomic E-state index is 12.2. The lowest BCUT2D eigenvalue weighted by atomic mass is 9.94. The topological polar surface area (TPSA) is 42.2 Å². The van der Waals surface area contributed by atoms with E-state index in [9.17, 15) is 4.79 Å². The summed E-state index contributed by atoms with van der Waals surface area (Å²) in [5.74, 6) is 0.782. The summed E-state index contributed by atoms with van der Waals surface area (Å²) in [5, 5.41) is 4.06. The number of nitrogens with one attached hydrogen (secondary N) is 1. The van der Waals surface area contributed by atoms with Gasteiger partial charge in [0, 0.05) is 17.5 Å². The number of furan rings is 1. The van der Waals surface area contributed by atoms with Gasteiger partial charge in [-0.3, -0.25) is 4.79 Å². The minimum atomic E-state index is -0.166. The van der Waals surface area contributed by atoms with Crippen molar-refractivity contribution in [3.8, 4) is 0 Å². The van der Waals surface area contributed by atoms with Gasteiger partial charge in [-0.15, -0.1) is 0 Å². The molecule has 2 aromatic carbocycles. The van der Waals surface area contributed by atoms with E-state index in [1.807, 2.05) is 42.5 Å². The first-order valence-electron chi connectivity index (χ1n) is 7.11. The molecule has 1 aliphatic rings. The SMILES string of the molecule is Cc1c(C[C@@H]2C(=O)Nc3ccccc32)oc2ccccc12. The Kier molecular flexibility index (Phi) is 2.61. The molecular weight excluding hydrogens is 262 g/mol. The van der Waals surface area contributed by atoms with E-state index >= 15 is 0 Å². The van der Waals surface area contributed by atoms with Gasteiger partial charge in [-0.05, 0) is 30.2 Å². The fourth-order valence-corrected chi connectivity index (χ4v) is 3.08. The van der Waals surface area contributed by atoms with Crippen LogP contribution in [0.15, 0.2) is 52.9 Å². The minimum Gasteiger partial charge on any atom is -0.461 e. The van der Waals surface area contributed by atoms with Crippen molar-refractivity contribution in [2.75, 3.05) is 5.32 Å². The molecule has 3 aromatic rings. The number of anilines is 1. The summed E-state index contributed by atoms with van der Waals surface area (Å²) in [7, 11) is 0. The van der Waals surface area contributed by atoms with Crippen LogP contribution in [-0.2, 0) is 11.2 Å². The van der Waals surface area contributed by atoms with Gasteiger partial charge >= 0.3 is 0 Å². The quantitative estimate of drug-likeness (QED) is 0.768. The van der Waals surface area contributed by atoms with E-state index in [4.69, 9.17) is 4.42 Å². The highest BCUT2D eigenvalue weighted by Gasteiger charge is 2.31. The standard InChI is InChI=1S/C18H15NO2/c1-11-12-6-3-5-9-16(12)21-17(11)10-14-13-7-2-4-8-15(13)19-18(14)20/h2-9,14H,10H2,1H3,(H,19,20)/t14-/m0/s1. The number of amides is 1. The summed E-state index contributed by atoms with van der Waals surface area (Å²) in [6, 6.07) is 15.9. The normalized spacial score (nSPS) is 17.0. The maximum Gasteiger partial charge on any atom is 0.232 e. The molecule has 0 aliphatic carbocycles. The summed E-state index contributed by atoms with van der Waals surface area (Å²) >= 11 is 0. The van der Waals surface area contributed by atoms with Crippen molar-refractivity contribution in [2.24, 2.45) is 0 Å². The fraction of sp³-hybridized carbons (Fsp3) is 0.167. The Morgan fingerprint density at radius 3 is 2.71 bits per heavy atom. The molecule has 0 unspecified atom stereocenters. The second kappa shape index (κ2) is 4.48. The van der Waals surface area contributed by atoms with E-state index in [1.165, 1.54) is 0 Å². The van der Waals surface area contributed by atoms with Gasteiger partial charge in [0.05, 0.1) is 5.92 Å². The van der Waals surface area contributed by atoms with Crippen molar-refractivity contribution in [1.82, 2.24) is 0 Å². The number of rotatable bonds is 2. The van der Waals surface area contributed by atoms with Crippen LogP contribution >= 0.6 is 0 Å². The van der Waals surface area contributed by atoms with Crippen LogP contribution in [0.25, 0.3) is 11.0 Å². The van der Waals surface area contributed by atoms with E-state index in [0.717, 1.165) is 33.5 Å². The number of para-hydroxylation sites is 2. The number of fused-ring (bicyclic) bond motifs is 2. The first-order valence-corrected chi connectivity index (χ1v) is 7.11. The number of hydrogen-bond acceptors (Lipinski definition) is 2. The Morgan fingerprint density at radius 1 is 1.10 bits per heavy atom. The molecule has 0 saturated heterocycles. The molecule has 0 radical (unpaired) electrons. The van der Waals surface area contributed by atoms with Crippen LogP contribution in [-0.4, -0.2) is 5.91 Å². The third-order valence-electron chi connectivity index (χ3n) is 4.24. The lowest BCUT2D eigenvalue weighted by Crippen LogP contribution is -2.14. The molecule has 0 saturated carbocycles. The Balaban J connectivity index is 1.75. The van der Waals surface area contributed by atoms with Crippen LogP contribution in [0.5, 0.6) is 0 Å². The van der Waals surface area contributed by atoms with Gasteiger partial charge in [-0.2, -0.15) is 0 Å². The van der Waals surface area contributed by atoms with Crippen LogP contribution in [0.2, 0.25) is 0 Å². The summed E-state index contributed by atoms with van der Waals surface area (Å²) in [6.07, 6.45) is 0.601. The predicted molar refractivity (Wildman–Crippen MR) is 82.5 cm³/mol. The number of carbonyl (C=O) groups is 1. The highest BCUT2D eigenvalue weighted by Crippen LogP contribution is 2.36. The van der Waals surface area contributed by atoms with Gasteiger partial charge < -0.3 is 9.73 Å². The van der Waals surface area contributed by atoms with Gasteiger partial charge in [0.25, 0.3) is 0 Å². The molecule has 1 aromatic heterocycles. The van der Waals surface area contributed by atoms with E-state index in [-0.39, 0.29) is 11.8 Å². The zero-order valence-corrected chi connectivity index (χ0v) is 11.7. The molecule has 3 heteroatoms. The molecule has 0 bridgehead atoms. The highest BCUT2D eigenvalue weighted by molar-refractivity contribution is 6.03. The summed E-state index contributed by atoms with van der Waals surface area (Å²) in [5.41, 5.74) is 3.99. The fourth-order valence-electron chi connectivity index (χ4n) is 3.08. The summed E-state index contributed by atoms with van der Waals surface area (Å²) in [4.78, 5) is 12.2. The zero-order chi connectivity index (χ0) is 14.4. The molecular formula is C18H15NO2. The summed E-state index contributed by atoms with van der Waals surface area (Å²) < 4.78 is 5.94. The van der Waals surface area contributed by atoms with Crippen molar-refractivity contribution in [3.63, 3.8) is 0 Å². The van der Waals surface area contributed by atoms with Crippen LogP contribution in [0.4, 0.5) is 5.69 Å². The number of carbonyl (C=O) groups excluding carboxylic acids is 1. The van der Waals surface area contributed by atoms with Gasteiger partial charge in [0.1, 0.15) is 11.3 Å². The van der Waals surface area contributed by atoms with Crippen molar-refractivity contribution < 1.29 is 9.21 Å². The van der Waals surface area contributed by atoms with E-state index in [0.29, 0.717) is 6.42 Å². The third-order valence-corrected chi connectivity index (χ3v) is 4.24.